The number of aliphatic hydroxyl groups is 1. The van der Waals surface area contributed by atoms with Gasteiger partial charge in [-0.15, -0.1) is 0 Å². The molecule has 1 atom stereocenters. The van der Waals surface area contributed by atoms with Gasteiger partial charge in [0.1, 0.15) is 6.61 Å². The van der Waals surface area contributed by atoms with Gasteiger partial charge in [-0.2, -0.15) is 5.10 Å². The van der Waals surface area contributed by atoms with Gasteiger partial charge in [0.15, 0.2) is 20.4 Å². The number of sulfone groups is 1. The summed E-state index contributed by atoms with van der Waals surface area (Å²) in [4.78, 5) is 0. The van der Waals surface area contributed by atoms with Gasteiger partial charge in [0.25, 0.3) is 0 Å². The molecule has 0 bridgehead atoms. The molecule has 1 unspecified atom stereocenters. The van der Waals surface area contributed by atoms with Crippen LogP contribution in [0.25, 0.3) is 0 Å². The Balaban J connectivity index is 2.27. The third kappa shape index (κ3) is 2.04. The minimum absolute atomic E-state index is 0.247. The van der Waals surface area contributed by atoms with Crippen LogP contribution in [0.3, 0.4) is 0 Å². The second-order valence-corrected chi connectivity index (χ2v) is 6.63. The van der Waals surface area contributed by atoms with Gasteiger partial charge in [-0.05, 0) is 25.1 Å². The quantitative estimate of drug-likeness (QED) is 0.750. The molecule has 1 aromatic heterocycles. The first-order valence-corrected chi connectivity index (χ1v) is 7.13. The van der Waals surface area contributed by atoms with Crippen LogP contribution in [0.5, 0.6) is 0 Å². The molecular formula is C8H13N3O3S2. The van der Waals surface area contributed by atoms with E-state index in [1.165, 1.54) is 0 Å². The predicted octanol–water partition coefficient (Wildman–Crippen LogP) is 0.0102. The van der Waals surface area contributed by atoms with Crippen LogP contribution in [0.2, 0.25) is 0 Å². The third-order valence-corrected chi connectivity index (χ3v) is 5.40. The van der Waals surface area contributed by atoms with Crippen LogP contribution in [-0.2, 0) is 23.0 Å². The number of aliphatic hydroxyl groups excluding tert-OH is 1. The van der Waals surface area contributed by atoms with Gasteiger partial charge in [0.2, 0.25) is 0 Å². The van der Waals surface area contributed by atoms with Crippen molar-refractivity contribution in [2.75, 3.05) is 5.75 Å². The van der Waals surface area contributed by atoms with E-state index in [2.05, 4.69) is 10.2 Å². The lowest BCUT2D eigenvalue weighted by atomic mass is 10.2. The molecular weight excluding hydrogens is 250 g/mol. The summed E-state index contributed by atoms with van der Waals surface area (Å²) in [6.07, 6.45) is 1.35. The lowest BCUT2D eigenvalue weighted by Crippen LogP contribution is -2.23. The fourth-order valence-electron chi connectivity index (χ4n) is 1.93. The number of hydrogen-bond acceptors (Lipinski definition) is 5. The number of aromatic nitrogens is 3. The summed E-state index contributed by atoms with van der Waals surface area (Å²) in [5.41, 5.74) is 0. The second kappa shape index (κ2) is 4.27. The molecule has 0 spiro atoms. The van der Waals surface area contributed by atoms with Gasteiger partial charge >= 0.3 is 0 Å². The third-order valence-electron chi connectivity index (χ3n) is 2.83. The van der Waals surface area contributed by atoms with E-state index in [-0.39, 0.29) is 18.9 Å². The number of nitrogens with zero attached hydrogens (tertiary/aromatic N) is 2. The van der Waals surface area contributed by atoms with E-state index < -0.39 is 15.1 Å². The molecule has 1 aromatic rings. The van der Waals surface area contributed by atoms with Crippen LogP contribution in [0.1, 0.15) is 18.7 Å². The first-order chi connectivity index (χ1) is 7.54. The minimum atomic E-state index is -3.00. The van der Waals surface area contributed by atoms with Crippen molar-refractivity contribution in [2.45, 2.75) is 31.2 Å². The fourth-order valence-corrected chi connectivity index (χ4v) is 3.96. The van der Waals surface area contributed by atoms with Crippen LogP contribution >= 0.6 is 12.2 Å². The van der Waals surface area contributed by atoms with Crippen molar-refractivity contribution in [3.63, 3.8) is 0 Å². The summed E-state index contributed by atoms with van der Waals surface area (Å²) < 4.78 is 25.2. The Morgan fingerprint density at radius 3 is 2.94 bits per heavy atom. The normalized spacial score (nSPS) is 23.7. The Bertz CT molecular complexity index is 531. The Kier molecular flexibility index (Phi) is 3.13. The highest BCUT2D eigenvalue weighted by Gasteiger charge is 2.32. The average Bonchev–Trinajstić information content (AvgIpc) is 2.73. The van der Waals surface area contributed by atoms with Crippen LogP contribution in [-0.4, -0.2) is 39.3 Å². The molecule has 0 aliphatic carbocycles. The lowest BCUT2D eigenvalue weighted by molar-refractivity contribution is 0.264. The molecule has 0 amide bonds. The summed E-state index contributed by atoms with van der Waals surface area (Å²) in [6.45, 7) is 0.0352. The number of H-pyrrole nitrogens is 1. The van der Waals surface area contributed by atoms with Gasteiger partial charge in [-0.25, -0.2) is 8.42 Å². The molecule has 16 heavy (non-hydrogen) atoms. The zero-order valence-corrected chi connectivity index (χ0v) is 10.2. The molecule has 0 saturated carbocycles. The molecule has 0 radical (unpaired) electrons. The first-order valence-electron chi connectivity index (χ1n) is 5.01. The molecule has 8 heteroatoms. The molecule has 1 aliphatic rings. The predicted molar refractivity (Wildman–Crippen MR) is 60.1 cm³/mol. The first kappa shape index (κ1) is 11.7. The van der Waals surface area contributed by atoms with E-state index in [9.17, 15) is 8.42 Å². The van der Waals surface area contributed by atoms with E-state index in [1.54, 1.807) is 4.57 Å². The maximum absolute atomic E-state index is 11.7. The van der Waals surface area contributed by atoms with Gasteiger partial charge in [0, 0.05) is 6.54 Å². The van der Waals surface area contributed by atoms with Crippen molar-refractivity contribution in [1.82, 2.24) is 14.8 Å². The lowest BCUT2D eigenvalue weighted by Gasteiger charge is -2.11. The molecule has 1 aliphatic heterocycles. The summed E-state index contributed by atoms with van der Waals surface area (Å²) in [6, 6.07) is 0. The molecule has 1 saturated heterocycles. The number of nitrogens with one attached hydrogen (secondary N) is 1. The fraction of sp³-hybridized carbons (Fsp3) is 0.750. The molecule has 2 N–H and O–H groups in total. The van der Waals surface area contributed by atoms with Crippen molar-refractivity contribution >= 4 is 22.1 Å². The molecule has 6 nitrogen and oxygen atoms in total. The summed E-state index contributed by atoms with van der Waals surface area (Å²) >= 11 is 4.99. The van der Waals surface area contributed by atoms with Gasteiger partial charge in [-0.1, -0.05) is 0 Å². The Morgan fingerprint density at radius 2 is 2.38 bits per heavy atom. The SMILES string of the molecule is O=S1(=O)CCCC1Cn1c(CO)n[nH]c1=S. The molecule has 2 rings (SSSR count). The highest BCUT2D eigenvalue weighted by Crippen LogP contribution is 2.22. The van der Waals surface area contributed by atoms with Crippen molar-refractivity contribution in [1.29, 1.82) is 0 Å². The standard InChI is InChI=1S/C8H13N3O3S2/c12-5-7-9-10-8(15)11(7)4-6-2-1-3-16(6,13)14/h6,12H,1-5H2,(H,10,15). The maximum atomic E-state index is 11.7. The van der Waals surface area contributed by atoms with Crippen LogP contribution in [0.4, 0.5) is 0 Å². The van der Waals surface area contributed by atoms with E-state index in [1.807, 2.05) is 0 Å². The van der Waals surface area contributed by atoms with E-state index in [4.69, 9.17) is 17.3 Å². The minimum Gasteiger partial charge on any atom is -0.388 e. The molecule has 0 aromatic carbocycles. The van der Waals surface area contributed by atoms with E-state index >= 15 is 0 Å². The van der Waals surface area contributed by atoms with Gasteiger partial charge in [-0.3, -0.25) is 5.10 Å². The van der Waals surface area contributed by atoms with Crippen molar-refractivity contribution in [3.05, 3.63) is 10.6 Å². The Morgan fingerprint density at radius 1 is 1.62 bits per heavy atom. The van der Waals surface area contributed by atoms with Gasteiger partial charge in [0.05, 0.1) is 11.0 Å². The van der Waals surface area contributed by atoms with Crippen molar-refractivity contribution < 1.29 is 13.5 Å². The zero-order valence-electron chi connectivity index (χ0n) is 8.59. The summed E-state index contributed by atoms with van der Waals surface area (Å²) in [7, 11) is -3.00. The molecule has 90 valence electrons. The van der Waals surface area contributed by atoms with E-state index in [0.29, 0.717) is 23.4 Å². The highest BCUT2D eigenvalue weighted by molar-refractivity contribution is 7.92. The zero-order chi connectivity index (χ0) is 11.8. The number of rotatable bonds is 3. The van der Waals surface area contributed by atoms with Crippen molar-refractivity contribution in [3.8, 4) is 0 Å². The van der Waals surface area contributed by atoms with E-state index in [0.717, 1.165) is 0 Å². The summed E-state index contributed by atoms with van der Waals surface area (Å²) in [5.74, 6) is 0.629. The average molecular weight is 263 g/mol. The molecule has 2 heterocycles. The summed E-state index contributed by atoms with van der Waals surface area (Å²) in [5, 5.41) is 15.0. The van der Waals surface area contributed by atoms with Crippen molar-refractivity contribution in [2.24, 2.45) is 0 Å². The van der Waals surface area contributed by atoms with Crippen LogP contribution in [0.15, 0.2) is 0 Å². The monoisotopic (exact) mass is 263 g/mol. The second-order valence-electron chi connectivity index (χ2n) is 3.84. The topological polar surface area (TPSA) is 88.0 Å². The Hall–Kier alpha value is -0.730. The largest absolute Gasteiger partial charge is 0.388 e. The molecule has 1 fully saturated rings. The maximum Gasteiger partial charge on any atom is 0.195 e. The number of aromatic amines is 1. The Labute approximate surface area is 98.2 Å². The number of hydrogen-bond donors (Lipinski definition) is 2. The van der Waals surface area contributed by atoms with Gasteiger partial charge < -0.3 is 9.67 Å². The highest BCUT2D eigenvalue weighted by atomic mass is 32.2. The van der Waals surface area contributed by atoms with Crippen LogP contribution < -0.4 is 0 Å². The smallest absolute Gasteiger partial charge is 0.195 e. The van der Waals surface area contributed by atoms with Crippen LogP contribution in [0, 0.1) is 4.77 Å².